The standard InChI is InChI=1S/C9H10O2/c1-3-5-6-7-9(10)11-8-4-2/h2-3,5-7H,8H2,1H3. The number of carbonyl (C=O) groups excluding carboxylic acids is 1. The van der Waals surface area contributed by atoms with Crippen LogP contribution in [0.1, 0.15) is 6.92 Å². The molecule has 0 unspecified atom stereocenters. The Morgan fingerprint density at radius 1 is 1.64 bits per heavy atom. The highest BCUT2D eigenvalue weighted by atomic mass is 16.5. The van der Waals surface area contributed by atoms with Gasteiger partial charge in [0.1, 0.15) is 0 Å². The summed E-state index contributed by atoms with van der Waals surface area (Å²) in [5, 5.41) is 0. The minimum atomic E-state index is -0.416. The molecule has 0 saturated heterocycles. The first-order chi connectivity index (χ1) is 5.31. The summed E-state index contributed by atoms with van der Waals surface area (Å²) in [7, 11) is 0. The van der Waals surface area contributed by atoms with Gasteiger partial charge < -0.3 is 4.74 Å². The Labute approximate surface area is 66.6 Å². The normalized spacial score (nSPS) is 10.2. The van der Waals surface area contributed by atoms with Crippen LogP contribution < -0.4 is 0 Å². The van der Waals surface area contributed by atoms with Gasteiger partial charge in [-0.2, -0.15) is 0 Å². The van der Waals surface area contributed by atoms with Crippen molar-refractivity contribution in [2.75, 3.05) is 6.61 Å². The quantitative estimate of drug-likeness (QED) is 0.262. The second-order valence-corrected chi connectivity index (χ2v) is 1.70. The predicted molar refractivity (Wildman–Crippen MR) is 43.7 cm³/mol. The van der Waals surface area contributed by atoms with Crippen LogP contribution in [0.15, 0.2) is 24.3 Å². The van der Waals surface area contributed by atoms with Gasteiger partial charge in [0, 0.05) is 6.08 Å². The van der Waals surface area contributed by atoms with Gasteiger partial charge in [-0.15, -0.1) is 6.42 Å². The second-order valence-electron chi connectivity index (χ2n) is 1.70. The van der Waals surface area contributed by atoms with Gasteiger partial charge in [-0.05, 0) is 6.92 Å². The summed E-state index contributed by atoms with van der Waals surface area (Å²) >= 11 is 0. The first kappa shape index (κ1) is 9.51. The molecule has 0 rings (SSSR count). The third-order valence-electron chi connectivity index (χ3n) is 0.834. The molecule has 2 heteroatoms. The summed E-state index contributed by atoms with van der Waals surface area (Å²) in [6.07, 6.45) is 11.3. The molecule has 0 aromatic carbocycles. The van der Waals surface area contributed by atoms with Gasteiger partial charge >= 0.3 is 5.97 Å². The van der Waals surface area contributed by atoms with Gasteiger partial charge in [0.05, 0.1) is 0 Å². The van der Waals surface area contributed by atoms with E-state index in [2.05, 4.69) is 10.7 Å². The fourth-order valence-corrected chi connectivity index (χ4v) is 0.406. The number of hydrogen-bond donors (Lipinski definition) is 0. The minimum absolute atomic E-state index is 0.0268. The van der Waals surface area contributed by atoms with Crippen molar-refractivity contribution in [1.29, 1.82) is 0 Å². The third kappa shape index (κ3) is 6.39. The Morgan fingerprint density at radius 2 is 2.36 bits per heavy atom. The maximum atomic E-state index is 10.6. The molecular weight excluding hydrogens is 140 g/mol. The Balaban J connectivity index is 3.62. The van der Waals surface area contributed by atoms with Gasteiger partial charge in [-0.1, -0.05) is 24.1 Å². The van der Waals surface area contributed by atoms with Crippen LogP contribution in [0.3, 0.4) is 0 Å². The van der Waals surface area contributed by atoms with E-state index in [-0.39, 0.29) is 6.61 Å². The van der Waals surface area contributed by atoms with Gasteiger partial charge in [-0.25, -0.2) is 4.79 Å². The number of rotatable bonds is 3. The van der Waals surface area contributed by atoms with Crippen molar-refractivity contribution in [1.82, 2.24) is 0 Å². The van der Waals surface area contributed by atoms with E-state index in [4.69, 9.17) is 6.42 Å². The van der Waals surface area contributed by atoms with Crippen molar-refractivity contribution >= 4 is 5.97 Å². The molecule has 0 aliphatic carbocycles. The SMILES string of the molecule is C#CCOC(=O)C=CC=CC. The van der Waals surface area contributed by atoms with Gasteiger partial charge in [0.25, 0.3) is 0 Å². The zero-order chi connectivity index (χ0) is 8.53. The van der Waals surface area contributed by atoms with Crippen LogP contribution in [0.2, 0.25) is 0 Å². The Kier molecular flexibility index (Phi) is 5.73. The van der Waals surface area contributed by atoms with Crippen molar-refractivity contribution in [2.45, 2.75) is 6.92 Å². The summed E-state index contributed by atoms with van der Waals surface area (Å²) in [5.41, 5.74) is 0. The molecule has 0 amide bonds. The molecule has 0 atom stereocenters. The maximum absolute atomic E-state index is 10.6. The number of allylic oxidation sites excluding steroid dienone is 3. The fourth-order valence-electron chi connectivity index (χ4n) is 0.406. The molecule has 2 nitrogen and oxygen atoms in total. The maximum Gasteiger partial charge on any atom is 0.331 e. The lowest BCUT2D eigenvalue weighted by Crippen LogP contribution is -1.99. The molecule has 0 N–H and O–H groups in total. The van der Waals surface area contributed by atoms with E-state index in [0.717, 1.165) is 0 Å². The zero-order valence-corrected chi connectivity index (χ0v) is 6.41. The summed E-state index contributed by atoms with van der Waals surface area (Å²) < 4.78 is 4.54. The number of esters is 1. The van der Waals surface area contributed by atoms with Crippen molar-refractivity contribution < 1.29 is 9.53 Å². The number of hydrogen-bond acceptors (Lipinski definition) is 2. The average Bonchev–Trinajstić information content (AvgIpc) is 2.01. The first-order valence-corrected chi connectivity index (χ1v) is 3.21. The summed E-state index contributed by atoms with van der Waals surface area (Å²) in [5.74, 6) is 1.78. The second kappa shape index (κ2) is 6.63. The molecule has 0 aliphatic rings. The van der Waals surface area contributed by atoms with E-state index in [9.17, 15) is 4.79 Å². The highest BCUT2D eigenvalue weighted by molar-refractivity contribution is 5.82. The molecule has 0 aromatic heterocycles. The van der Waals surface area contributed by atoms with Crippen molar-refractivity contribution in [3.05, 3.63) is 24.3 Å². The van der Waals surface area contributed by atoms with Crippen molar-refractivity contribution in [3.63, 3.8) is 0 Å². The summed E-state index contributed by atoms with van der Waals surface area (Å²) in [6, 6.07) is 0. The molecular formula is C9H10O2. The molecule has 0 saturated carbocycles. The highest BCUT2D eigenvalue weighted by Crippen LogP contribution is 1.81. The lowest BCUT2D eigenvalue weighted by atomic mass is 10.4. The molecule has 0 spiro atoms. The Bertz CT molecular complexity index is 206. The van der Waals surface area contributed by atoms with Crippen LogP contribution >= 0.6 is 0 Å². The lowest BCUT2D eigenvalue weighted by molar-refractivity contribution is -0.136. The largest absolute Gasteiger partial charge is 0.449 e. The number of ether oxygens (including phenoxy) is 1. The molecule has 0 bridgehead atoms. The molecule has 11 heavy (non-hydrogen) atoms. The topological polar surface area (TPSA) is 26.3 Å². The van der Waals surface area contributed by atoms with Crippen molar-refractivity contribution in [3.8, 4) is 12.3 Å². The predicted octanol–water partition coefficient (Wildman–Crippen LogP) is 1.30. The van der Waals surface area contributed by atoms with E-state index in [1.54, 1.807) is 12.2 Å². The molecule has 58 valence electrons. The van der Waals surface area contributed by atoms with E-state index < -0.39 is 5.97 Å². The summed E-state index contributed by atoms with van der Waals surface area (Å²) in [4.78, 5) is 10.6. The van der Waals surface area contributed by atoms with E-state index in [0.29, 0.717) is 0 Å². The van der Waals surface area contributed by atoms with Crippen LogP contribution in [-0.2, 0) is 9.53 Å². The number of terminal acetylenes is 1. The van der Waals surface area contributed by atoms with Crippen LogP contribution in [0, 0.1) is 12.3 Å². The van der Waals surface area contributed by atoms with Crippen LogP contribution in [0.4, 0.5) is 0 Å². The molecule has 0 heterocycles. The van der Waals surface area contributed by atoms with Gasteiger partial charge in [-0.3, -0.25) is 0 Å². The van der Waals surface area contributed by atoms with Crippen LogP contribution in [-0.4, -0.2) is 12.6 Å². The lowest BCUT2D eigenvalue weighted by Gasteiger charge is -1.91. The molecule has 0 aliphatic heterocycles. The Morgan fingerprint density at radius 3 is 2.91 bits per heavy atom. The third-order valence-corrected chi connectivity index (χ3v) is 0.834. The monoisotopic (exact) mass is 150 g/mol. The smallest absolute Gasteiger partial charge is 0.331 e. The minimum Gasteiger partial charge on any atom is -0.449 e. The average molecular weight is 150 g/mol. The number of carbonyl (C=O) groups is 1. The zero-order valence-electron chi connectivity index (χ0n) is 6.41. The molecule has 0 radical (unpaired) electrons. The summed E-state index contributed by atoms with van der Waals surface area (Å²) in [6.45, 7) is 1.89. The van der Waals surface area contributed by atoms with E-state index in [1.165, 1.54) is 6.08 Å². The molecule has 0 aromatic rings. The Hall–Kier alpha value is -1.49. The van der Waals surface area contributed by atoms with Crippen molar-refractivity contribution in [2.24, 2.45) is 0 Å². The van der Waals surface area contributed by atoms with Gasteiger partial charge in [0.15, 0.2) is 6.61 Å². The van der Waals surface area contributed by atoms with E-state index >= 15 is 0 Å². The van der Waals surface area contributed by atoms with Crippen LogP contribution in [0.5, 0.6) is 0 Å². The van der Waals surface area contributed by atoms with E-state index in [1.807, 2.05) is 13.0 Å². The van der Waals surface area contributed by atoms with Gasteiger partial charge in [0.2, 0.25) is 0 Å². The van der Waals surface area contributed by atoms with Crippen LogP contribution in [0.25, 0.3) is 0 Å². The highest BCUT2D eigenvalue weighted by Gasteiger charge is 1.90. The first-order valence-electron chi connectivity index (χ1n) is 3.21. The fraction of sp³-hybridized carbons (Fsp3) is 0.222. The molecule has 0 fully saturated rings.